The molecule has 0 aliphatic rings. The lowest BCUT2D eigenvalue weighted by Crippen LogP contribution is -1.99. The number of aromatic nitrogens is 2. The lowest BCUT2D eigenvalue weighted by Gasteiger charge is -2.09. The van der Waals surface area contributed by atoms with Gasteiger partial charge in [-0.3, -0.25) is 4.79 Å². The summed E-state index contributed by atoms with van der Waals surface area (Å²) in [5.74, 6) is 1.86. The van der Waals surface area contributed by atoms with E-state index < -0.39 is 0 Å². The van der Waals surface area contributed by atoms with E-state index in [-0.39, 0.29) is 6.61 Å². The van der Waals surface area contributed by atoms with Gasteiger partial charge in [-0.15, -0.1) is 0 Å². The van der Waals surface area contributed by atoms with E-state index in [1.165, 1.54) is 7.11 Å². The molecule has 6 heteroatoms. The van der Waals surface area contributed by atoms with Gasteiger partial charge in [0.1, 0.15) is 6.29 Å². The number of aldehydes is 1. The zero-order valence-corrected chi connectivity index (χ0v) is 14.3. The van der Waals surface area contributed by atoms with Crippen molar-refractivity contribution in [1.82, 2.24) is 10.1 Å². The normalized spacial score (nSPS) is 10.5. The van der Waals surface area contributed by atoms with E-state index >= 15 is 0 Å². The van der Waals surface area contributed by atoms with Crippen molar-refractivity contribution < 1.29 is 18.8 Å². The van der Waals surface area contributed by atoms with Gasteiger partial charge >= 0.3 is 0 Å². The molecule has 0 atom stereocenters. The molecule has 6 nitrogen and oxygen atoms in total. The highest BCUT2D eigenvalue weighted by Gasteiger charge is 2.13. The summed E-state index contributed by atoms with van der Waals surface area (Å²) in [6.07, 6.45) is 0.751. The first-order valence-electron chi connectivity index (χ1n) is 7.77. The lowest BCUT2D eigenvalue weighted by molar-refractivity contribution is 0.112. The molecule has 2 aromatic carbocycles. The SMILES string of the molecule is COc1cc(C=O)ccc1OCc1nc(-c2cc(C)ccc2C)no1. The van der Waals surface area contributed by atoms with Crippen molar-refractivity contribution in [3.8, 4) is 22.9 Å². The average Bonchev–Trinajstić information content (AvgIpc) is 3.10. The molecular weight excluding hydrogens is 320 g/mol. The first-order valence-corrected chi connectivity index (χ1v) is 7.77. The average molecular weight is 338 g/mol. The smallest absolute Gasteiger partial charge is 0.264 e. The molecular formula is C19H18N2O4. The van der Waals surface area contributed by atoms with Gasteiger partial charge in [-0.2, -0.15) is 4.98 Å². The fraction of sp³-hybridized carbons (Fsp3) is 0.211. The number of nitrogens with zero attached hydrogens (tertiary/aromatic N) is 2. The first-order chi connectivity index (χ1) is 12.1. The topological polar surface area (TPSA) is 74.5 Å². The summed E-state index contributed by atoms with van der Waals surface area (Å²) in [4.78, 5) is 15.2. The molecule has 1 heterocycles. The maximum atomic E-state index is 10.8. The van der Waals surface area contributed by atoms with Gasteiger partial charge in [-0.25, -0.2) is 0 Å². The Morgan fingerprint density at radius 2 is 1.96 bits per heavy atom. The Hall–Kier alpha value is -3.15. The number of benzene rings is 2. The highest BCUT2D eigenvalue weighted by Crippen LogP contribution is 2.28. The van der Waals surface area contributed by atoms with Crippen molar-refractivity contribution >= 4 is 6.29 Å². The van der Waals surface area contributed by atoms with Crippen LogP contribution in [0.4, 0.5) is 0 Å². The number of rotatable bonds is 6. The Kier molecular flexibility index (Phi) is 4.79. The summed E-state index contributed by atoms with van der Waals surface area (Å²) in [6.45, 7) is 4.12. The van der Waals surface area contributed by atoms with Crippen LogP contribution in [0.3, 0.4) is 0 Å². The minimum atomic E-state index is 0.106. The fourth-order valence-electron chi connectivity index (χ4n) is 2.42. The molecule has 0 bridgehead atoms. The fourth-order valence-corrected chi connectivity index (χ4v) is 2.42. The Morgan fingerprint density at radius 1 is 1.12 bits per heavy atom. The summed E-state index contributed by atoms with van der Waals surface area (Å²) in [5.41, 5.74) is 3.65. The molecule has 3 aromatic rings. The zero-order chi connectivity index (χ0) is 17.8. The lowest BCUT2D eigenvalue weighted by atomic mass is 10.1. The molecule has 3 rings (SSSR count). The molecule has 0 amide bonds. The molecule has 0 N–H and O–H groups in total. The van der Waals surface area contributed by atoms with Crippen molar-refractivity contribution in [3.05, 3.63) is 59.0 Å². The van der Waals surface area contributed by atoms with Crippen LogP contribution in [0.25, 0.3) is 11.4 Å². The number of hydrogen-bond donors (Lipinski definition) is 0. The molecule has 1 aromatic heterocycles. The van der Waals surface area contributed by atoms with Gasteiger partial charge < -0.3 is 14.0 Å². The second-order valence-electron chi connectivity index (χ2n) is 5.65. The maximum Gasteiger partial charge on any atom is 0.264 e. The number of carbonyl (C=O) groups excluding carboxylic acids is 1. The molecule has 0 aliphatic heterocycles. The number of aryl methyl sites for hydroxylation is 2. The van der Waals surface area contributed by atoms with E-state index in [0.717, 1.165) is 23.0 Å². The summed E-state index contributed by atoms with van der Waals surface area (Å²) in [6, 6.07) is 11.0. The van der Waals surface area contributed by atoms with Gasteiger partial charge in [0.05, 0.1) is 7.11 Å². The Balaban J connectivity index is 1.76. The van der Waals surface area contributed by atoms with Crippen molar-refractivity contribution in [2.75, 3.05) is 7.11 Å². The van der Waals surface area contributed by atoms with Crippen LogP contribution in [0.5, 0.6) is 11.5 Å². The highest BCUT2D eigenvalue weighted by molar-refractivity contribution is 5.76. The molecule has 25 heavy (non-hydrogen) atoms. The summed E-state index contributed by atoms with van der Waals surface area (Å²) >= 11 is 0. The van der Waals surface area contributed by atoms with E-state index in [2.05, 4.69) is 10.1 Å². The quantitative estimate of drug-likeness (QED) is 0.637. The second kappa shape index (κ2) is 7.17. The molecule has 0 saturated heterocycles. The van der Waals surface area contributed by atoms with Crippen LogP contribution in [0.1, 0.15) is 27.4 Å². The van der Waals surface area contributed by atoms with Crippen LogP contribution in [-0.4, -0.2) is 23.5 Å². The largest absolute Gasteiger partial charge is 0.493 e. The van der Waals surface area contributed by atoms with Crippen LogP contribution in [0.15, 0.2) is 40.9 Å². The van der Waals surface area contributed by atoms with Crippen LogP contribution in [0.2, 0.25) is 0 Å². The first kappa shape index (κ1) is 16.7. The van der Waals surface area contributed by atoms with Gasteiger partial charge in [0.2, 0.25) is 5.82 Å². The van der Waals surface area contributed by atoms with E-state index in [1.807, 2.05) is 32.0 Å². The summed E-state index contributed by atoms with van der Waals surface area (Å²) in [7, 11) is 1.52. The van der Waals surface area contributed by atoms with Gasteiger partial charge in [-0.1, -0.05) is 22.9 Å². The molecule has 0 saturated carbocycles. The summed E-state index contributed by atoms with van der Waals surface area (Å²) in [5, 5.41) is 4.03. The van der Waals surface area contributed by atoms with Crippen LogP contribution in [-0.2, 0) is 6.61 Å². The van der Waals surface area contributed by atoms with Crippen molar-refractivity contribution in [2.24, 2.45) is 0 Å². The van der Waals surface area contributed by atoms with Crippen molar-refractivity contribution in [2.45, 2.75) is 20.5 Å². The van der Waals surface area contributed by atoms with E-state index in [0.29, 0.717) is 28.8 Å². The van der Waals surface area contributed by atoms with Gasteiger partial charge in [0, 0.05) is 11.1 Å². The third-order valence-electron chi connectivity index (χ3n) is 3.78. The summed E-state index contributed by atoms with van der Waals surface area (Å²) < 4.78 is 16.2. The Bertz CT molecular complexity index is 902. The van der Waals surface area contributed by atoms with Gasteiger partial charge in [0.25, 0.3) is 5.89 Å². The molecule has 128 valence electrons. The number of methoxy groups -OCH3 is 1. The predicted octanol–water partition coefficient (Wildman–Crippen LogP) is 3.75. The molecule has 0 aliphatic carbocycles. The van der Waals surface area contributed by atoms with Gasteiger partial charge in [-0.05, 0) is 43.7 Å². The van der Waals surface area contributed by atoms with Crippen LogP contribution in [0, 0.1) is 13.8 Å². The minimum absolute atomic E-state index is 0.106. The number of hydrogen-bond acceptors (Lipinski definition) is 6. The van der Waals surface area contributed by atoms with E-state index in [1.54, 1.807) is 18.2 Å². The molecule has 0 spiro atoms. The predicted molar refractivity (Wildman–Crippen MR) is 91.9 cm³/mol. The molecule has 0 radical (unpaired) electrons. The second-order valence-corrected chi connectivity index (χ2v) is 5.65. The third-order valence-corrected chi connectivity index (χ3v) is 3.78. The van der Waals surface area contributed by atoms with E-state index in [4.69, 9.17) is 14.0 Å². The third kappa shape index (κ3) is 3.68. The van der Waals surface area contributed by atoms with Gasteiger partial charge in [0.15, 0.2) is 18.1 Å². The number of carbonyl (C=O) groups is 1. The highest BCUT2D eigenvalue weighted by atomic mass is 16.5. The Morgan fingerprint density at radius 3 is 2.72 bits per heavy atom. The van der Waals surface area contributed by atoms with Crippen LogP contribution < -0.4 is 9.47 Å². The monoisotopic (exact) mass is 338 g/mol. The molecule has 0 unspecified atom stereocenters. The van der Waals surface area contributed by atoms with Crippen molar-refractivity contribution in [1.29, 1.82) is 0 Å². The van der Waals surface area contributed by atoms with Crippen LogP contribution >= 0.6 is 0 Å². The standard InChI is InChI=1S/C19H18N2O4/c1-12-4-5-13(2)15(8-12)19-20-18(25-21-19)11-24-16-7-6-14(10-22)9-17(16)23-3/h4-10H,11H2,1-3H3. The molecule has 0 fully saturated rings. The zero-order valence-electron chi connectivity index (χ0n) is 14.3. The van der Waals surface area contributed by atoms with Crippen molar-refractivity contribution in [3.63, 3.8) is 0 Å². The minimum Gasteiger partial charge on any atom is -0.493 e. The van der Waals surface area contributed by atoms with E-state index in [9.17, 15) is 4.79 Å². The Labute approximate surface area is 145 Å². The maximum absolute atomic E-state index is 10.8. The number of ether oxygens (including phenoxy) is 2.